The zero-order valence-electron chi connectivity index (χ0n) is 14.3. The molecule has 0 N–H and O–H groups in total. The molecule has 0 atom stereocenters. The second-order valence-corrected chi connectivity index (χ2v) is 6.41. The van der Waals surface area contributed by atoms with E-state index in [4.69, 9.17) is 9.47 Å². The van der Waals surface area contributed by atoms with Gasteiger partial charge in [0.15, 0.2) is 0 Å². The molecule has 2 aromatic carbocycles. The van der Waals surface area contributed by atoms with E-state index in [2.05, 4.69) is 14.1 Å². The minimum atomic E-state index is 0.770. The minimum Gasteiger partial charge on any atom is -0.493 e. The fourth-order valence-corrected chi connectivity index (χ4v) is 2.51. The first-order valence-electron chi connectivity index (χ1n) is 8.33. The van der Waals surface area contributed by atoms with Crippen molar-refractivity contribution in [3.8, 4) is 11.5 Å². The molecule has 0 radical (unpaired) electrons. The molecule has 0 aliphatic rings. The summed E-state index contributed by atoms with van der Waals surface area (Å²) in [6, 6.07) is 20.0. The predicted octanol–water partition coefficient (Wildman–Crippen LogP) is 4.00. The summed E-state index contributed by atoms with van der Waals surface area (Å²) in [7, 11) is 4.54. The van der Waals surface area contributed by atoms with Crippen LogP contribution < -0.4 is 9.47 Å². The topological polar surface area (TPSA) is 18.5 Å². The molecule has 0 amide bonds. The Morgan fingerprint density at radius 2 is 1.04 bits per heavy atom. The van der Waals surface area contributed by atoms with Crippen LogP contribution in [0.2, 0.25) is 0 Å². The summed E-state index contributed by atoms with van der Waals surface area (Å²) in [6.07, 6.45) is 2.11. The van der Waals surface area contributed by atoms with E-state index < -0.39 is 0 Å². The van der Waals surface area contributed by atoms with Gasteiger partial charge in [-0.3, -0.25) is 0 Å². The number of ether oxygens (including phenoxy) is 2. The van der Waals surface area contributed by atoms with Gasteiger partial charge in [-0.25, -0.2) is 0 Å². The van der Waals surface area contributed by atoms with Crippen LogP contribution in [0, 0.1) is 0 Å². The second-order valence-electron chi connectivity index (χ2n) is 6.41. The molecule has 0 saturated carbocycles. The molecule has 0 aromatic heterocycles. The van der Waals surface area contributed by atoms with Crippen molar-refractivity contribution in [2.75, 3.05) is 40.4 Å². The van der Waals surface area contributed by atoms with Crippen molar-refractivity contribution in [2.45, 2.75) is 12.8 Å². The number of para-hydroxylation sites is 2. The third kappa shape index (κ3) is 7.20. The van der Waals surface area contributed by atoms with E-state index in [1.165, 1.54) is 0 Å². The molecule has 0 heterocycles. The number of hydrogen-bond acceptors (Lipinski definition) is 2. The summed E-state index contributed by atoms with van der Waals surface area (Å²) >= 11 is 0. The van der Waals surface area contributed by atoms with Gasteiger partial charge in [0, 0.05) is 12.8 Å². The Bertz CT molecular complexity index is 491. The monoisotopic (exact) mass is 314 g/mol. The van der Waals surface area contributed by atoms with Crippen molar-refractivity contribution in [1.82, 2.24) is 0 Å². The molecule has 0 aliphatic heterocycles. The lowest BCUT2D eigenvalue weighted by atomic mass is 10.3. The maximum absolute atomic E-state index is 5.75. The smallest absolute Gasteiger partial charge is 0.119 e. The lowest BCUT2D eigenvalue weighted by Crippen LogP contribution is -2.42. The Labute approximate surface area is 140 Å². The summed E-state index contributed by atoms with van der Waals surface area (Å²) in [6.45, 7) is 3.76. The van der Waals surface area contributed by atoms with Crippen LogP contribution in [0.3, 0.4) is 0 Å². The van der Waals surface area contributed by atoms with Gasteiger partial charge in [0.25, 0.3) is 0 Å². The Balaban J connectivity index is 1.57. The van der Waals surface area contributed by atoms with Gasteiger partial charge in [-0.05, 0) is 24.3 Å². The first-order valence-corrected chi connectivity index (χ1v) is 8.33. The maximum Gasteiger partial charge on any atom is 0.119 e. The number of benzene rings is 2. The zero-order chi connectivity index (χ0) is 16.4. The molecular formula is C20H28NO2+. The normalized spacial score (nSPS) is 11.2. The molecule has 0 saturated heterocycles. The van der Waals surface area contributed by atoms with Crippen molar-refractivity contribution in [1.29, 1.82) is 0 Å². The molecule has 23 heavy (non-hydrogen) atoms. The van der Waals surface area contributed by atoms with Crippen LogP contribution in [0.1, 0.15) is 12.8 Å². The standard InChI is InChI=1S/C20H28NO2/c1-21(2,15-9-17-22-19-11-5-3-6-12-19)16-10-18-23-20-13-7-4-8-14-20/h3-8,11-14H,9-10,15-18H2,1-2H3/q+1. The van der Waals surface area contributed by atoms with Crippen molar-refractivity contribution in [2.24, 2.45) is 0 Å². The van der Waals surface area contributed by atoms with Crippen molar-refractivity contribution >= 4 is 0 Å². The highest BCUT2D eigenvalue weighted by molar-refractivity contribution is 5.21. The van der Waals surface area contributed by atoms with Crippen molar-refractivity contribution in [3.63, 3.8) is 0 Å². The molecule has 0 fully saturated rings. The predicted molar refractivity (Wildman–Crippen MR) is 95.0 cm³/mol. The second kappa shape index (κ2) is 9.21. The van der Waals surface area contributed by atoms with Crippen LogP contribution in [0.25, 0.3) is 0 Å². The van der Waals surface area contributed by atoms with E-state index in [0.29, 0.717) is 0 Å². The lowest BCUT2D eigenvalue weighted by molar-refractivity contribution is -0.890. The molecule has 3 nitrogen and oxygen atoms in total. The van der Waals surface area contributed by atoms with Gasteiger partial charge in [0.1, 0.15) is 11.5 Å². The summed E-state index contributed by atoms with van der Waals surface area (Å²) in [5.41, 5.74) is 0. The van der Waals surface area contributed by atoms with Gasteiger partial charge in [-0.1, -0.05) is 36.4 Å². The molecule has 124 valence electrons. The molecule has 2 rings (SSSR count). The quantitative estimate of drug-likeness (QED) is 0.487. The maximum atomic E-state index is 5.75. The van der Waals surface area contributed by atoms with Crippen LogP contribution in [0.4, 0.5) is 0 Å². The van der Waals surface area contributed by atoms with Gasteiger partial charge in [0.05, 0.1) is 40.4 Å². The number of rotatable bonds is 10. The Morgan fingerprint density at radius 1 is 0.652 bits per heavy atom. The van der Waals surface area contributed by atoms with Gasteiger partial charge in [-0.15, -0.1) is 0 Å². The van der Waals surface area contributed by atoms with E-state index in [0.717, 1.165) is 55.1 Å². The highest BCUT2D eigenvalue weighted by Gasteiger charge is 2.14. The van der Waals surface area contributed by atoms with Crippen LogP contribution in [-0.2, 0) is 0 Å². The first-order chi connectivity index (χ1) is 11.2. The summed E-state index contributed by atoms with van der Waals surface area (Å²) < 4.78 is 12.5. The Hall–Kier alpha value is -2.00. The summed E-state index contributed by atoms with van der Waals surface area (Å²) in [4.78, 5) is 0. The SMILES string of the molecule is C[N+](C)(CCCOc1ccccc1)CCCOc1ccccc1. The van der Waals surface area contributed by atoms with Crippen LogP contribution >= 0.6 is 0 Å². The largest absolute Gasteiger partial charge is 0.493 e. The minimum absolute atomic E-state index is 0.770. The molecule has 0 unspecified atom stereocenters. The van der Waals surface area contributed by atoms with Gasteiger partial charge >= 0.3 is 0 Å². The third-order valence-corrected chi connectivity index (χ3v) is 3.84. The summed E-state index contributed by atoms with van der Waals surface area (Å²) in [5.74, 6) is 1.91. The first kappa shape index (κ1) is 17.4. The Kier molecular flexibility index (Phi) is 6.95. The molecular weight excluding hydrogens is 286 g/mol. The molecule has 3 heteroatoms. The van der Waals surface area contributed by atoms with Crippen molar-refractivity contribution in [3.05, 3.63) is 60.7 Å². The highest BCUT2D eigenvalue weighted by Crippen LogP contribution is 2.11. The zero-order valence-corrected chi connectivity index (χ0v) is 14.3. The van der Waals surface area contributed by atoms with E-state index in [1.54, 1.807) is 0 Å². The lowest BCUT2D eigenvalue weighted by Gasteiger charge is -2.29. The molecule has 0 bridgehead atoms. The van der Waals surface area contributed by atoms with Gasteiger partial charge < -0.3 is 14.0 Å². The fourth-order valence-electron chi connectivity index (χ4n) is 2.51. The Morgan fingerprint density at radius 3 is 1.43 bits per heavy atom. The van der Waals surface area contributed by atoms with Gasteiger partial charge in [0.2, 0.25) is 0 Å². The van der Waals surface area contributed by atoms with Crippen LogP contribution in [0.15, 0.2) is 60.7 Å². The van der Waals surface area contributed by atoms with E-state index >= 15 is 0 Å². The van der Waals surface area contributed by atoms with E-state index in [9.17, 15) is 0 Å². The molecule has 0 aliphatic carbocycles. The van der Waals surface area contributed by atoms with Crippen LogP contribution in [-0.4, -0.2) is 44.9 Å². The average molecular weight is 314 g/mol. The number of hydrogen-bond donors (Lipinski definition) is 0. The molecule has 2 aromatic rings. The molecule has 0 spiro atoms. The van der Waals surface area contributed by atoms with E-state index in [1.807, 2.05) is 60.7 Å². The van der Waals surface area contributed by atoms with Crippen molar-refractivity contribution < 1.29 is 14.0 Å². The summed E-state index contributed by atoms with van der Waals surface area (Å²) in [5, 5.41) is 0. The average Bonchev–Trinajstić information content (AvgIpc) is 2.58. The fraction of sp³-hybridized carbons (Fsp3) is 0.400. The number of nitrogens with zero attached hydrogens (tertiary/aromatic N) is 1. The van der Waals surface area contributed by atoms with Crippen LogP contribution in [0.5, 0.6) is 11.5 Å². The van der Waals surface area contributed by atoms with Gasteiger partial charge in [-0.2, -0.15) is 0 Å². The highest BCUT2D eigenvalue weighted by atomic mass is 16.5. The third-order valence-electron chi connectivity index (χ3n) is 3.84. The number of quaternary nitrogens is 1. The van der Waals surface area contributed by atoms with E-state index in [-0.39, 0.29) is 0 Å².